The molecule has 0 unspecified atom stereocenters. The Labute approximate surface area is 137 Å². The third-order valence-electron chi connectivity index (χ3n) is 3.66. The van der Waals surface area contributed by atoms with Crippen LogP contribution in [0.1, 0.15) is 11.1 Å². The summed E-state index contributed by atoms with van der Waals surface area (Å²) in [5, 5.41) is 3.47. The summed E-state index contributed by atoms with van der Waals surface area (Å²) in [4.78, 5) is 3.94. The average molecular weight is 332 g/mol. The Balaban J connectivity index is 1.87. The molecule has 0 aliphatic carbocycles. The van der Waals surface area contributed by atoms with Gasteiger partial charge in [0.2, 0.25) is 0 Å². The summed E-state index contributed by atoms with van der Waals surface area (Å²) in [5.74, 6) is -1.71. The number of nitrogens with zero attached hydrogens (tertiary/aromatic N) is 1. The Morgan fingerprint density at radius 1 is 1.04 bits per heavy atom. The highest BCUT2D eigenvalue weighted by atomic mass is 19.1. The Bertz CT molecular complexity index is 884. The highest BCUT2D eigenvalue weighted by Crippen LogP contribution is 2.25. The molecule has 24 heavy (non-hydrogen) atoms. The Morgan fingerprint density at radius 3 is 2.67 bits per heavy atom. The van der Waals surface area contributed by atoms with E-state index in [0.717, 1.165) is 11.6 Å². The first-order valence-electron chi connectivity index (χ1n) is 7.32. The van der Waals surface area contributed by atoms with Crippen LogP contribution in [0.5, 0.6) is 0 Å². The third kappa shape index (κ3) is 3.33. The van der Waals surface area contributed by atoms with Crippen molar-refractivity contribution in [2.45, 2.75) is 13.2 Å². The zero-order valence-corrected chi connectivity index (χ0v) is 12.9. The summed E-state index contributed by atoms with van der Waals surface area (Å²) in [5.41, 5.74) is 1.93. The van der Waals surface area contributed by atoms with Crippen molar-refractivity contribution in [1.82, 2.24) is 4.98 Å². The van der Waals surface area contributed by atoms with E-state index in [4.69, 9.17) is 4.74 Å². The first-order chi connectivity index (χ1) is 11.6. The van der Waals surface area contributed by atoms with Crippen LogP contribution in [0.4, 0.5) is 18.9 Å². The van der Waals surface area contributed by atoms with Gasteiger partial charge in [-0.3, -0.25) is 4.98 Å². The second-order valence-corrected chi connectivity index (χ2v) is 5.35. The molecule has 0 bridgehead atoms. The van der Waals surface area contributed by atoms with E-state index in [9.17, 15) is 13.2 Å². The molecule has 3 nitrogen and oxygen atoms in total. The number of fused-ring (bicyclic) bond motifs is 1. The van der Waals surface area contributed by atoms with Crippen molar-refractivity contribution in [1.29, 1.82) is 0 Å². The molecular formula is C18H15F3N2O. The zero-order chi connectivity index (χ0) is 17.1. The van der Waals surface area contributed by atoms with Crippen LogP contribution in [-0.2, 0) is 17.9 Å². The minimum atomic E-state index is -0.710. The number of benzene rings is 2. The fraction of sp³-hybridized carbons (Fsp3) is 0.167. The van der Waals surface area contributed by atoms with Crippen molar-refractivity contribution in [2.75, 3.05) is 12.4 Å². The van der Waals surface area contributed by atoms with Crippen LogP contribution in [0.3, 0.4) is 0 Å². The fourth-order valence-electron chi connectivity index (χ4n) is 2.53. The standard InChI is InChI=1S/C18H15F3N2O/c1-24-10-12-6-11(2-3-15(12)20)9-23-17-4-5-22-18-14(17)7-13(19)8-16(18)21/h2-8H,9-10H2,1H3,(H,22,23). The second-order valence-electron chi connectivity index (χ2n) is 5.35. The summed E-state index contributed by atoms with van der Waals surface area (Å²) >= 11 is 0. The molecule has 0 aliphatic heterocycles. The molecule has 6 heteroatoms. The van der Waals surface area contributed by atoms with Crippen molar-refractivity contribution in [3.05, 3.63) is 71.2 Å². The molecule has 124 valence electrons. The lowest BCUT2D eigenvalue weighted by molar-refractivity contribution is 0.181. The third-order valence-corrected chi connectivity index (χ3v) is 3.66. The van der Waals surface area contributed by atoms with Crippen LogP contribution < -0.4 is 5.32 Å². The second kappa shape index (κ2) is 6.88. The molecule has 0 atom stereocenters. The SMILES string of the molecule is COCc1cc(CNc2ccnc3c(F)cc(F)cc23)ccc1F. The minimum absolute atomic E-state index is 0.0978. The van der Waals surface area contributed by atoms with Gasteiger partial charge >= 0.3 is 0 Å². The highest BCUT2D eigenvalue weighted by molar-refractivity contribution is 5.91. The predicted octanol–water partition coefficient (Wildman–Crippen LogP) is 4.41. The smallest absolute Gasteiger partial charge is 0.152 e. The molecule has 0 saturated carbocycles. The van der Waals surface area contributed by atoms with E-state index in [-0.39, 0.29) is 17.9 Å². The van der Waals surface area contributed by atoms with E-state index in [0.29, 0.717) is 23.2 Å². The van der Waals surface area contributed by atoms with Crippen LogP contribution in [0.25, 0.3) is 10.9 Å². The normalized spacial score (nSPS) is 11.0. The summed E-state index contributed by atoms with van der Waals surface area (Å²) < 4.78 is 45.8. The first-order valence-corrected chi connectivity index (χ1v) is 7.32. The minimum Gasteiger partial charge on any atom is -0.380 e. The lowest BCUT2D eigenvalue weighted by atomic mass is 10.1. The largest absolute Gasteiger partial charge is 0.380 e. The van der Waals surface area contributed by atoms with Crippen LogP contribution in [0, 0.1) is 17.5 Å². The summed E-state index contributed by atoms with van der Waals surface area (Å²) in [6, 6.07) is 8.38. The van der Waals surface area contributed by atoms with Crippen molar-refractivity contribution in [2.24, 2.45) is 0 Å². The predicted molar refractivity (Wildman–Crippen MR) is 86.1 cm³/mol. The molecule has 1 aromatic heterocycles. The summed E-state index contributed by atoms with van der Waals surface area (Å²) in [6.45, 7) is 0.544. The molecular weight excluding hydrogens is 317 g/mol. The zero-order valence-electron chi connectivity index (χ0n) is 12.9. The van der Waals surface area contributed by atoms with Gasteiger partial charge in [0.1, 0.15) is 17.2 Å². The number of halogens is 3. The van der Waals surface area contributed by atoms with Crippen molar-refractivity contribution >= 4 is 16.6 Å². The number of nitrogens with one attached hydrogen (secondary N) is 1. The Morgan fingerprint density at radius 2 is 1.88 bits per heavy atom. The summed E-state index contributed by atoms with van der Waals surface area (Å²) in [7, 11) is 1.50. The number of anilines is 1. The van der Waals surface area contributed by atoms with E-state index in [1.807, 2.05) is 0 Å². The number of methoxy groups -OCH3 is 1. The molecule has 3 aromatic rings. The van der Waals surface area contributed by atoms with Gasteiger partial charge in [-0.1, -0.05) is 6.07 Å². The molecule has 1 heterocycles. The van der Waals surface area contributed by atoms with Crippen LogP contribution in [0.15, 0.2) is 42.6 Å². The molecule has 2 aromatic carbocycles. The van der Waals surface area contributed by atoms with Crippen molar-refractivity contribution in [3.8, 4) is 0 Å². The van der Waals surface area contributed by atoms with E-state index in [1.165, 1.54) is 25.4 Å². The van der Waals surface area contributed by atoms with E-state index >= 15 is 0 Å². The van der Waals surface area contributed by atoms with Gasteiger partial charge in [0.25, 0.3) is 0 Å². The highest BCUT2D eigenvalue weighted by Gasteiger charge is 2.09. The molecule has 0 fully saturated rings. The number of pyridine rings is 1. The van der Waals surface area contributed by atoms with E-state index in [1.54, 1.807) is 18.2 Å². The summed E-state index contributed by atoms with van der Waals surface area (Å²) in [6.07, 6.45) is 1.45. The van der Waals surface area contributed by atoms with Gasteiger partial charge in [-0.15, -0.1) is 0 Å². The number of hydrogen-bond donors (Lipinski definition) is 1. The van der Waals surface area contributed by atoms with Crippen molar-refractivity contribution < 1.29 is 17.9 Å². The van der Waals surface area contributed by atoms with Gasteiger partial charge in [0.15, 0.2) is 5.82 Å². The molecule has 0 spiro atoms. The van der Waals surface area contributed by atoms with Gasteiger partial charge in [0, 0.05) is 42.6 Å². The number of hydrogen-bond acceptors (Lipinski definition) is 3. The van der Waals surface area contributed by atoms with Gasteiger partial charge in [-0.2, -0.15) is 0 Å². The maximum Gasteiger partial charge on any atom is 0.152 e. The molecule has 3 rings (SSSR count). The number of rotatable bonds is 5. The first kappa shape index (κ1) is 16.3. The van der Waals surface area contributed by atoms with Crippen LogP contribution in [-0.4, -0.2) is 12.1 Å². The van der Waals surface area contributed by atoms with Gasteiger partial charge in [-0.25, -0.2) is 13.2 Å². The lowest BCUT2D eigenvalue weighted by Crippen LogP contribution is -2.03. The molecule has 0 radical (unpaired) electrons. The monoisotopic (exact) mass is 332 g/mol. The van der Waals surface area contributed by atoms with Crippen LogP contribution >= 0.6 is 0 Å². The Hall–Kier alpha value is -2.60. The van der Waals surface area contributed by atoms with Crippen LogP contribution in [0.2, 0.25) is 0 Å². The van der Waals surface area contributed by atoms with Gasteiger partial charge in [-0.05, 0) is 29.8 Å². The molecule has 1 N–H and O–H groups in total. The fourth-order valence-corrected chi connectivity index (χ4v) is 2.53. The lowest BCUT2D eigenvalue weighted by Gasteiger charge is -2.11. The Kier molecular flexibility index (Phi) is 4.66. The molecule has 0 saturated heterocycles. The average Bonchev–Trinajstić information content (AvgIpc) is 2.56. The number of ether oxygens (including phenoxy) is 1. The van der Waals surface area contributed by atoms with E-state index in [2.05, 4.69) is 10.3 Å². The molecule has 0 aliphatic rings. The number of aromatic nitrogens is 1. The van der Waals surface area contributed by atoms with Crippen molar-refractivity contribution in [3.63, 3.8) is 0 Å². The maximum absolute atomic E-state index is 13.8. The maximum atomic E-state index is 13.8. The quantitative estimate of drug-likeness (QED) is 0.751. The topological polar surface area (TPSA) is 34.1 Å². The molecule has 0 amide bonds. The van der Waals surface area contributed by atoms with Gasteiger partial charge < -0.3 is 10.1 Å². The van der Waals surface area contributed by atoms with Gasteiger partial charge in [0.05, 0.1) is 6.61 Å². The van der Waals surface area contributed by atoms with E-state index < -0.39 is 11.6 Å².